The molecule has 0 heterocycles. The summed E-state index contributed by atoms with van der Waals surface area (Å²) in [5, 5.41) is 0. The number of carbonyl (C=O) groups is 1. The van der Waals surface area contributed by atoms with Gasteiger partial charge in [-0.3, -0.25) is 0 Å². The van der Waals surface area contributed by atoms with E-state index < -0.39 is 5.97 Å². The molecule has 3 aromatic rings. The van der Waals surface area contributed by atoms with Gasteiger partial charge in [-0.2, -0.15) is 0 Å². The Balaban J connectivity index is 1.32. The first-order chi connectivity index (χ1) is 22.7. The Hall–Kier alpha value is -3.47. The van der Waals surface area contributed by atoms with Crippen LogP contribution >= 0.6 is 0 Å². The summed E-state index contributed by atoms with van der Waals surface area (Å²) in [4.78, 5) is 12.9. The van der Waals surface area contributed by atoms with Crippen molar-refractivity contribution in [2.45, 2.75) is 123 Å². The van der Waals surface area contributed by atoms with Crippen LogP contribution in [-0.4, -0.2) is 25.8 Å². The summed E-state index contributed by atoms with van der Waals surface area (Å²) in [6.07, 6.45) is 22.1. The second-order valence-corrected chi connectivity index (χ2v) is 12.3. The van der Waals surface area contributed by atoms with E-state index in [0.717, 1.165) is 24.2 Å². The van der Waals surface area contributed by atoms with E-state index in [2.05, 4.69) is 6.92 Å². The number of ether oxygens (including phenoxy) is 4. The van der Waals surface area contributed by atoms with E-state index in [0.29, 0.717) is 43.3 Å². The van der Waals surface area contributed by atoms with Gasteiger partial charge in [-0.1, -0.05) is 152 Å². The van der Waals surface area contributed by atoms with E-state index in [1.807, 2.05) is 66.7 Å². The predicted molar refractivity (Wildman–Crippen MR) is 189 cm³/mol. The average Bonchev–Trinajstić information content (AvgIpc) is 3.09. The molecule has 252 valence electrons. The zero-order chi connectivity index (χ0) is 32.3. The van der Waals surface area contributed by atoms with Crippen molar-refractivity contribution in [3.63, 3.8) is 0 Å². The first kappa shape index (κ1) is 37.0. The SMILES string of the molecule is CCCCCCCCCCCCCCCCCCOc1cc(OCCCOc2ccccc2)cc(C(=O)OCc2ccccc2)c1. The van der Waals surface area contributed by atoms with Crippen molar-refractivity contribution in [2.24, 2.45) is 0 Å². The monoisotopic (exact) mass is 630 g/mol. The van der Waals surface area contributed by atoms with Crippen LogP contribution in [0.1, 0.15) is 132 Å². The number of unbranched alkanes of at least 4 members (excludes halogenated alkanes) is 15. The lowest BCUT2D eigenvalue weighted by Crippen LogP contribution is -2.08. The van der Waals surface area contributed by atoms with Crippen LogP contribution in [0.2, 0.25) is 0 Å². The van der Waals surface area contributed by atoms with Gasteiger partial charge in [-0.05, 0) is 36.2 Å². The molecule has 0 aromatic heterocycles. The molecule has 0 aliphatic carbocycles. The number of rotatable bonds is 27. The highest BCUT2D eigenvalue weighted by Gasteiger charge is 2.13. The summed E-state index contributed by atoms with van der Waals surface area (Å²) >= 11 is 0. The molecule has 5 nitrogen and oxygen atoms in total. The van der Waals surface area contributed by atoms with Crippen molar-refractivity contribution >= 4 is 5.97 Å². The third-order valence-electron chi connectivity index (χ3n) is 8.16. The maximum Gasteiger partial charge on any atom is 0.338 e. The number of benzene rings is 3. The molecular weight excluding hydrogens is 572 g/mol. The molecule has 3 rings (SSSR count). The van der Waals surface area contributed by atoms with Gasteiger partial charge >= 0.3 is 5.97 Å². The molecular formula is C41H58O5. The van der Waals surface area contributed by atoms with Crippen LogP contribution in [0.15, 0.2) is 78.9 Å². The van der Waals surface area contributed by atoms with Gasteiger partial charge in [0, 0.05) is 12.5 Å². The van der Waals surface area contributed by atoms with Crippen molar-refractivity contribution < 1.29 is 23.7 Å². The molecule has 0 spiro atoms. The highest BCUT2D eigenvalue weighted by molar-refractivity contribution is 5.90. The zero-order valence-electron chi connectivity index (χ0n) is 28.4. The molecule has 0 fully saturated rings. The van der Waals surface area contributed by atoms with Gasteiger partial charge < -0.3 is 18.9 Å². The van der Waals surface area contributed by atoms with Crippen molar-refractivity contribution in [1.29, 1.82) is 0 Å². The minimum absolute atomic E-state index is 0.219. The molecule has 3 aromatic carbocycles. The number of esters is 1. The second kappa shape index (κ2) is 24.7. The predicted octanol–water partition coefficient (Wildman–Crippen LogP) is 11.5. The molecule has 0 saturated carbocycles. The summed E-state index contributed by atoms with van der Waals surface area (Å²) in [5.74, 6) is 1.67. The van der Waals surface area contributed by atoms with Gasteiger partial charge in [0.15, 0.2) is 0 Å². The maximum atomic E-state index is 12.9. The molecule has 5 heteroatoms. The van der Waals surface area contributed by atoms with Crippen LogP contribution in [0.3, 0.4) is 0 Å². The van der Waals surface area contributed by atoms with E-state index in [1.54, 1.807) is 12.1 Å². The first-order valence-corrected chi connectivity index (χ1v) is 18.0. The van der Waals surface area contributed by atoms with Crippen molar-refractivity contribution in [1.82, 2.24) is 0 Å². The molecule has 0 aliphatic rings. The van der Waals surface area contributed by atoms with E-state index in [-0.39, 0.29) is 6.61 Å². The third-order valence-corrected chi connectivity index (χ3v) is 8.16. The lowest BCUT2D eigenvalue weighted by atomic mass is 10.0. The van der Waals surface area contributed by atoms with Crippen LogP contribution in [0.25, 0.3) is 0 Å². The Labute approximate surface area is 279 Å². The van der Waals surface area contributed by atoms with Crippen molar-refractivity contribution in [3.05, 3.63) is 90.0 Å². The molecule has 0 aliphatic heterocycles. The van der Waals surface area contributed by atoms with Gasteiger partial charge in [-0.15, -0.1) is 0 Å². The summed E-state index contributed by atoms with van der Waals surface area (Å²) < 4.78 is 23.5. The summed E-state index contributed by atoms with van der Waals surface area (Å²) in [5.41, 5.74) is 1.37. The first-order valence-electron chi connectivity index (χ1n) is 18.0. The standard InChI is InChI=1S/C41H58O5/c1-2-3-4-5-6-7-8-9-10-11-12-13-14-15-16-23-29-44-39-32-37(41(42)46-35-36-25-19-17-20-26-36)33-40(34-39)45-31-24-30-43-38-27-21-18-22-28-38/h17-22,25-28,32-34H,2-16,23-24,29-31,35H2,1H3. The van der Waals surface area contributed by atoms with Crippen LogP contribution in [0, 0.1) is 0 Å². The van der Waals surface area contributed by atoms with Crippen molar-refractivity contribution in [2.75, 3.05) is 19.8 Å². The van der Waals surface area contributed by atoms with E-state index in [9.17, 15) is 4.79 Å². The van der Waals surface area contributed by atoms with Gasteiger partial charge in [0.2, 0.25) is 0 Å². The zero-order valence-corrected chi connectivity index (χ0v) is 28.4. The highest BCUT2D eigenvalue weighted by Crippen LogP contribution is 2.25. The highest BCUT2D eigenvalue weighted by atomic mass is 16.5. The fourth-order valence-corrected chi connectivity index (χ4v) is 5.46. The van der Waals surface area contributed by atoms with Crippen LogP contribution < -0.4 is 14.2 Å². The van der Waals surface area contributed by atoms with Crippen LogP contribution in [0.5, 0.6) is 17.2 Å². The quantitative estimate of drug-likeness (QED) is 0.0619. The van der Waals surface area contributed by atoms with Gasteiger partial charge in [0.1, 0.15) is 23.9 Å². The molecule has 0 saturated heterocycles. The Bertz CT molecular complexity index is 1160. The molecule has 46 heavy (non-hydrogen) atoms. The number of hydrogen-bond acceptors (Lipinski definition) is 5. The molecule has 0 radical (unpaired) electrons. The van der Waals surface area contributed by atoms with Gasteiger partial charge in [-0.25, -0.2) is 4.79 Å². The maximum absolute atomic E-state index is 12.9. The topological polar surface area (TPSA) is 54.0 Å². The number of para-hydroxylation sites is 1. The summed E-state index contributed by atoms with van der Waals surface area (Å²) in [6, 6.07) is 24.8. The second-order valence-electron chi connectivity index (χ2n) is 12.3. The minimum Gasteiger partial charge on any atom is -0.493 e. The van der Waals surface area contributed by atoms with E-state index >= 15 is 0 Å². The van der Waals surface area contributed by atoms with Crippen LogP contribution in [0.4, 0.5) is 0 Å². The largest absolute Gasteiger partial charge is 0.493 e. The van der Waals surface area contributed by atoms with Gasteiger partial charge in [0.25, 0.3) is 0 Å². The number of hydrogen-bond donors (Lipinski definition) is 0. The minimum atomic E-state index is -0.394. The normalized spacial score (nSPS) is 10.9. The molecule has 0 atom stereocenters. The molecule has 0 N–H and O–H groups in total. The third kappa shape index (κ3) is 17.3. The van der Waals surface area contributed by atoms with E-state index in [1.165, 1.54) is 89.9 Å². The molecule has 0 amide bonds. The Morgan fingerprint density at radius 3 is 1.43 bits per heavy atom. The smallest absolute Gasteiger partial charge is 0.338 e. The lowest BCUT2D eigenvalue weighted by molar-refractivity contribution is 0.0471. The number of carbonyl (C=O) groups excluding carboxylic acids is 1. The molecule has 0 unspecified atom stereocenters. The Kier molecular flexibility index (Phi) is 19.9. The Morgan fingerprint density at radius 2 is 0.913 bits per heavy atom. The van der Waals surface area contributed by atoms with Crippen molar-refractivity contribution in [3.8, 4) is 17.2 Å². The lowest BCUT2D eigenvalue weighted by Gasteiger charge is -2.13. The Morgan fingerprint density at radius 1 is 0.478 bits per heavy atom. The fraction of sp³-hybridized carbons (Fsp3) is 0.537. The molecule has 0 bridgehead atoms. The van der Waals surface area contributed by atoms with E-state index in [4.69, 9.17) is 18.9 Å². The van der Waals surface area contributed by atoms with Gasteiger partial charge in [0.05, 0.1) is 25.4 Å². The fourth-order valence-electron chi connectivity index (χ4n) is 5.46. The average molecular weight is 631 g/mol. The van der Waals surface area contributed by atoms with Crippen LogP contribution in [-0.2, 0) is 11.3 Å². The summed E-state index contributed by atoms with van der Waals surface area (Å²) in [7, 11) is 0. The summed E-state index contributed by atoms with van der Waals surface area (Å²) in [6.45, 7) is 4.13.